The lowest BCUT2D eigenvalue weighted by molar-refractivity contribution is -0.122. The zero-order chi connectivity index (χ0) is 13.4. The SMILES string of the molecule is CCC(C)(C#N)NC(=O)CCCc1ccccc1. The highest BCUT2D eigenvalue weighted by molar-refractivity contribution is 5.77. The minimum Gasteiger partial charge on any atom is -0.338 e. The first kappa shape index (κ1) is 14.2. The van der Waals surface area contributed by atoms with E-state index >= 15 is 0 Å². The van der Waals surface area contributed by atoms with Gasteiger partial charge in [0.15, 0.2) is 0 Å². The molecule has 18 heavy (non-hydrogen) atoms. The van der Waals surface area contributed by atoms with Crippen LogP contribution in [0.1, 0.15) is 38.7 Å². The van der Waals surface area contributed by atoms with Crippen LogP contribution in [-0.4, -0.2) is 11.4 Å². The number of rotatable bonds is 6. The number of amides is 1. The lowest BCUT2D eigenvalue weighted by Crippen LogP contribution is -2.44. The van der Waals surface area contributed by atoms with Crippen molar-refractivity contribution in [2.24, 2.45) is 0 Å². The molecule has 1 atom stereocenters. The third kappa shape index (κ3) is 4.58. The summed E-state index contributed by atoms with van der Waals surface area (Å²) in [7, 11) is 0. The van der Waals surface area contributed by atoms with Gasteiger partial charge in [0.25, 0.3) is 0 Å². The molecule has 1 aromatic carbocycles. The second kappa shape index (κ2) is 6.80. The summed E-state index contributed by atoms with van der Waals surface area (Å²) in [6, 6.07) is 12.2. The average molecular weight is 244 g/mol. The van der Waals surface area contributed by atoms with Crippen molar-refractivity contribution in [2.75, 3.05) is 0 Å². The molecule has 0 aromatic heterocycles. The predicted molar refractivity (Wildman–Crippen MR) is 71.8 cm³/mol. The van der Waals surface area contributed by atoms with E-state index in [1.807, 2.05) is 25.1 Å². The van der Waals surface area contributed by atoms with Gasteiger partial charge in [-0.3, -0.25) is 4.79 Å². The van der Waals surface area contributed by atoms with E-state index in [2.05, 4.69) is 23.5 Å². The molecule has 0 aliphatic rings. The van der Waals surface area contributed by atoms with Gasteiger partial charge in [-0.2, -0.15) is 5.26 Å². The van der Waals surface area contributed by atoms with Crippen LogP contribution < -0.4 is 5.32 Å². The van der Waals surface area contributed by atoms with E-state index in [0.717, 1.165) is 12.8 Å². The molecular formula is C15H20N2O. The Kier molecular flexibility index (Phi) is 5.38. The average Bonchev–Trinajstić information content (AvgIpc) is 2.40. The molecule has 0 aliphatic heterocycles. The Bertz CT molecular complexity index is 422. The molecule has 1 N–H and O–H groups in total. The molecule has 1 rings (SSSR count). The molecule has 1 unspecified atom stereocenters. The van der Waals surface area contributed by atoms with Gasteiger partial charge in [-0.25, -0.2) is 0 Å². The summed E-state index contributed by atoms with van der Waals surface area (Å²) in [5.74, 6) is -0.0446. The number of carbonyl (C=O) groups excluding carboxylic acids is 1. The summed E-state index contributed by atoms with van der Waals surface area (Å²) in [6.45, 7) is 3.65. The van der Waals surface area contributed by atoms with Crippen molar-refractivity contribution >= 4 is 5.91 Å². The minimum absolute atomic E-state index is 0.0446. The number of carbonyl (C=O) groups is 1. The van der Waals surface area contributed by atoms with Crippen LogP contribution in [0, 0.1) is 11.3 Å². The normalized spacial score (nSPS) is 13.4. The lowest BCUT2D eigenvalue weighted by atomic mass is 10.0. The fourth-order valence-corrected chi connectivity index (χ4v) is 1.66. The first-order valence-corrected chi connectivity index (χ1v) is 6.36. The van der Waals surface area contributed by atoms with Crippen molar-refractivity contribution < 1.29 is 4.79 Å². The molecule has 1 amide bonds. The Morgan fingerprint density at radius 2 is 2.06 bits per heavy atom. The van der Waals surface area contributed by atoms with Crippen LogP contribution in [0.5, 0.6) is 0 Å². The fourth-order valence-electron chi connectivity index (χ4n) is 1.66. The van der Waals surface area contributed by atoms with Gasteiger partial charge < -0.3 is 5.32 Å². The molecule has 3 nitrogen and oxygen atoms in total. The van der Waals surface area contributed by atoms with Gasteiger partial charge in [-0.1, -0.05) is 37.3 Å². The van der Waals surface area contributed by atoms with E-state index < -0.39 is 5.54 Å². The molecule has 0 bridgehead atoms. The maximum absolute atomic E-state index is 11.7. The molecule has 0 radical (unpaired) electrons. The second-order valence-corrected chi connectivity index (χ2v) is 4.68. The summed E-state index contributed by atoms with van der Waals surface area (Å²) in [5, 5.41) is 11.8. The quantitative estimate of drug-likeness (QED) is 0.836. The van der Waals surface area contributed by atoms with E-state index in [1.54, 1.807) is 6.92 Å². The van der Waals surface area contributed by atoms with Crippen molar-refractivity contribution in [3.8, 4) is 6.07 Å². The van der Waals surface area contributed by atoms with Crippen molar-refractivity contribution in [1.29, 1.82) is 5.26 Å². The van der Waals surface area contributed by atoms with Gasteiger partial charge in [0.2, 0.25) is 5.91 Å². The monoisotopic (exact) mass is 244 g/mol. The van der Waals surface area contributed by atoms with Gasteiger partial charge in [0, 0.05) is 6.42 Å². The summed E-state index contributed by atoms with van der Waals surface area (Å²) >= 11 is 0. The van der Waals surface area contributed by atoms with Crippen LogP contribution >= 0.6 is 0 Å². The largest absolute Gasteiger partial charge is 0.338 e. The van der Waals surface area contributed by atoms with Crippen LogP contribution in [-0.2, 0) is 11.2 Å². The zero-order valence-corrected chi connectivity index (χ0v) is 11.1. The molecule has 1 aromatic rings. The summed E-state index contributed by atoms with van der Waals surface area (Å²) in [4.78, 5) is 11.7. The number of nitriles is 1. The molecular weight excluding hydrogens is 224 g/mol. The zero-order valence-electron chi connectivity index (χ0n) is 11.1. The predicted octanol–water partition coefficient (Wildman–Crippen LogP) is 2.82. The number of nitrogens with zero attached hydrogens (tertiary/aromatic N) is 1. The van der Waals surface area contributed by atoms with Crippen LogP contribution in [0.15, 0.2) is 30.3 Å². The second-order valence-electron chi connectivity index (χ2n) is 4.68. The lowest BCUT2D eigenvalue weighted by Gasteiger charge is -2.21. The highest BCUT2D eigenvalue weighted by Gasteiger charge is 2.22. The van der Waals surface area contributed by atoms with Crippen LogP contribution in [0.3, 0.4) is 0 Å². The molecule has 96 valence electrons. The van der Waals surface area contributed by atoms with Gasteiger partial charge in [-0.05, 0) is 31.7 Å². The van der Waals surface area contributed by atoms with E-state index in [-0.39, 0.29) is 5.91 Å². The van der Waals surface area contributed by atoms with Crippen molar-refractivity contribution in [3.05, 3.63) is 35.9 Å². The molecule has 0 spiro atoms. The number of nitrogens with one attached hydrogen (secondary N) is 1. The molecule has 3 heteroatoms. The number of aryl methyl sites for hydroxylation is 1. The third-order valence-electron chi connectivity index (χ3n) is 3.08. The number of hydrogen-bond acceptors (Lipinski definition) is 2. The van der Waals surface area contributed by atoms with E-state index in [1.165, 1.54) is 5.56 Å². The van der Waals surface area contributed by atoms with E-state index in [4.69, 9.17) is 5.26 Å². The molecule has 0 aliphatic carbocycles. The first-order valence-electron chi connectivity index (χ1n) is 6.36. The summed E-state index contributed by atoms with van der Waals surface area (Å²) < 4.78 is 0. The fraction of sp³-hybridized carbons (Fsp3) is 0.467. The van der Waals surface area contributed by atoms with E-state index in [0.29, 0.717) is 12.8 Å². The highest BCUT2D eigenvalue weighted by Crippen LogP contribution is 2.09. The van der Waals surface area contributed by atoms with Crippen LogP contribution in [0.2, 0.25) is 0 Å². The van der Waals surface area contributed by atoms with Gasteiger partial charge in [-0.15, -0.1) is 0 Å². The van der Waals surface area contributed by atoms with Crippen molar-refractivity contribution in [3.63, 3.8) is 0 Å². The Labute approximate surface area is 109 Å². The summed E-state index contributed by atoms with van der Waals surface area (Å²) in [5.41, 5.74) is 0.507. The smallest absolute Gasteiger partial charge is 0.221 e. The molecule has 0 saturated heterocycles. The highest BCUT2D eigenvalue weighted by atomic mass is 16.1. The topological polar surface area (TPSA) is 52.9 Å². The third-order valence-corrected chi connectivity index (χ3v) is 3.08. The number of benzene rings is 1. The maximum Gasteiger partial charge on any atom is 0.221 e. The molecule has 0 saturated carbocycles. The van der Waals surface area contributed by atoms with E-state index in [9.17, 15) is 4.79 Å². The Hall–Kier alpha value is -1.82. The van der Waals surface area contributed by atoms with Crippen LogP contribution in [0.25, 0.3) is 0 Å². The Morgan fingerprint density at radius 1 is 1.39 bits per heavy atom. The standard InChI is InChI=1S/C15H20N2O/c1-3-15(2,12-16)17-14(18)11-7-10-13-8-5-4-6-9-13/h4-6,8-9H,3,7,10-11H2,1-2H3,(H,17,18). The van der Waals surface area contributed by atoms with Crippen LogP contribution in [0.4, 0.5) is 0 Å². The number of hydrogen-bond donors (Lipinski definition) is 1. The molecule has 0 heterocycles. The Morgan fingerprint density at radius 3 is 2.61 bits per heavy atom. The minimum atomic E-state index is -0.732. The van der Waals surface area contributed by atoms with Crippen molar-refractivity contribution in [2.45, 2.75) is 45.1 Å². The first-order chi connectivity index (χ1) is 8.59. The van der Waals surface area contributed by atoms with Gasteiger partial charge >= 0.3 is 0 Å². The van der Waals surface area contributed by atoms with Gasteiger partial charge in [0.05, 0.1) is 6.07 Å². The van der Waals surface area contributed by atoms with Crippen molar-refractivity contribution in [1.82, 2.24) is 5.32 Å². The maximum atomic E-state index is 11.7. The Balaban J connectivity index is 2.32. The summed E-state index contributed by atoms with van der Waals surface area (Å²) in [6.07, 6.45) is 2.78. The molecule has 0 fully saturated rings. The van der Waals surface area contributed by atoms with Gasteiger partial charge in [0.1, 0.15) is 5.54 Å².